The highest BCUT2D eigenvalue weighted by Crippen LogP contribution is 2.22. The van der Waals surface area contributed by atoms with Crippen LogP contribution in [0.1, 0.15) is 33.6 Å². The van der Waals surface area contributed by atoms with Gasteiger partial charge in [-0.15, -0.1) is 0 Å². The average Bonchev–Trinajstić information content (AvgIpc) is 2.28. The molecule has 1 amide bonds. The number of carbonyl (C=O) groups is 1. The zero-order valence-electron chi connectivity index (χ0n) is 12.5. The van der Waals surface area contributed by atoms with Gasteiger partial charge in [-0.05, 0) is 36.1 Å². The van der Waals surface area contributed by atoms with Crippen molar-refractivity contribution in [1.29, 1.82) is 0 Å². The van der Waals surface area contributed by atoms with Gasteiger partial charge in [0.05, 0.1) is 0 Å². The Morgan fingerprint density at radius 3 is 2.33 bits per heavy atom. The van der Waals surface area contributed by atoms with Crippen molar-refractivity contribution in [3.8, 4) is 5.75 Å². The largest absolute Gasteiger partial charge is 0.435 e. The number of anilines is 1. The summed E-state index contributed by atoms with van der Waals surface area (Å²) >= 11 is 0. The Labute approximate surface area is 123 Å². The number of ether oxygens (including phenoxy) is 1. The monoisotopic (exact) mass is 300 g/mol. The van der Waals surface area contributed by atoms with Crippen LogP contribution in [0.3, 0.4) is 0 Å². The summed E-state index contributed by atoms with van der Waals surface area (Å²) in [4.78, 5) is 11.8. The van der Waals surface area contributed by atoms with Gasteiger partial charge in [-0.1, -0.05) is 20.8 Å². The van der Waals surface area contributed by atoms with Gasteiger partial charge in [0.1, 0.15) is 5.75 Å². The molecule has 0 radical (unpaired) electrons. The van der Waals surface area contributed by atoms with Crippen LogP contribution in [0.2, 0.25) is 0 Å². The van der Waals surface area contributed by atoms with Gasteiger partial charge in [0.2, 0.25) is 5.91 Å². The van der Waals surface area contributed by atoms with E-state index >= 15 is 0 Å². The lowest BCUT2D eigenvalue weighted by Gasteiger charge is -2.22. The second-order valence-corrected chi connectivity index (χ2v) is 6.18. The Balaban J connectivity index is 2.47. The summed E-state index contributed by atoms with van der Waals surface area (Å²) in [5.41, 5.74) is 6.51. The molecule has 4 nitrogen and oxygen atoms in total. The third-order valence-electron chi connectivity index (χ3n) is 2.69. The number of hydrogen-bond donors (Lipinski definition) is 2. The first-order chi connectivity index (χ1) is 9.65. The van der Waals surface area contributed by atoms with Gasteiger partial charge >= 0.3 is 6.61 Å². The molecule has 1 aromatic rings. The van der Waals surface area contributed by atoms with Crippen LogP contribution in [0.4, 0.5) is 14.5 Å². The van der Waals surface area contributed by atoms with Crippen LogP contribution in [0.15, 0.2) is 24.3 Å². The first-order valence-electron chi connectivity index (χ1n) is 6.76. The molecule has 0 aliphatic heterocycles. The van der Waals surface area contributed by atoms with Crippen molar-refractivity contribution in [2.45, 2.75) is 46.3 Å². The lowest BCUT2D eigenvalue weighted by Crippen LogP contribution is -2.31. The van der Waals surface area contributed by atoms with Crippen LogP contribution < -0.4 is 15.8 Å². The number of carbonyl (C=O) groups excluding carboxylic acids is 1. The number of halogens is 2. The maximum absolute atomic E-state index is 12.0. The average molecular weight is 300 g/mol. The Kier molecular flexibility index (Phi) is 6.08. The van der Waals surface area contributed by atoms with Crippen molar-refractivity contribution in [1.82, 2.24) is 0 Å². The summed E-state index contributed by atoms with van der Waals surface area (Å²) in [7, 11) is 0. The molecule has 6 heteroatoms. The first kappa shape index (κ1) is 17.4. The smallest absolute Gasteiger partial charge is 0.387 e. The first-order valence-corrected chi connectivity index (χ1v) is 6.76. The Bertz CT molecular complexity index is 456. The molecule has 1 aromatic carbocycles. The minimum atomic E-state index is -2.86. The van der Waals surface area contributed by atoms with E-state index in [-0.39, 0.29) is 29.5 Å². The van der Waals surface area contributed by atoms with Crippen molar-refractivity contribution < 1.29 is 18.3 Å². The number of benzene rings is 1. The molecule has 0 spiro atoms. The third-order valence-corrected chi connectivity index (χ3v) is 2.69. The van der Waals surface area contributed by atoms with Crippen LogP contribution in [-0.4, -0.2) is 18.6 Å². The zero-order chi connectivity index (χ0) is 16.0. The minimum absolute atomic E-state index is 0.0485. The number of alkyl halides is 2. The number of rotatable bonds is 6. The maximum atomic E-state index is 12.0. The molecule has 0 aromatic heterocycles. The standard InChI is InChI=1S/C15H22F2N2O2/c1-15(2,3)9-10(18)8-13(20)19-11-4-6-12(7-5-11)21-14(16)17/h4-7,10,14H,8-9,18H2,1-3H3,(H,19,20). The van der Waals surface area contributed by atoms with Crippen LogP contribution in [-0.2, 0) is 4.79 Å². The molecule has 1 rings (SSSR count). The maximum Gasteiger partial charge on any atom is 0.387 e. The molecule has 1 unspecified atom stereocenters. The fraction of sp³-hybridized carbons (Fsp3) is 0.533. The number of hydrogen-bond acceptors (Lipinski definition) is 3. The van der Waals surface area contributed by atoms with Gasteiger partial charge in [-0.2, -0.15) is 8.78 Å². The normalized spacial score (nSPS) is 13.1. The molecule has 0 heterocycles. The molecule has 0 saturated heterocycles. The van der Waals surface area contributed by atoms with Crippen LogP contribution in [0.25, 0.3) is 0 Å². The van der Waals surface area contributed by atoms with Crippen LogP contribution in [0.5, 0.6) is 5.75 Å². The summed E-state index contributed by atoms with van der Waals surface area (Å²) in [5.74, 6) is -0.151. The molecule has 0 aliphatic rings. The van der Waals surface area contributed by atoms with E-state index in [1.165, 1.54) is 24.3 Å². The highest BCUT2D eigenvalue weighted by molar-refractivity contribution is 5.91. The van der Waals surface area contributed by atoms with Gasteiger partial charge in [0.25, 0.3) is 0 Å². The lowest BCUT2D eigenvalue weighted by molar-refractivity contribution is -0.116. The molecule has 0 saturated carbocycles. The third kappa shape index (κ3) is 7.60. The summed E-state index contributed by atoms with van der Waals surface area (Å²) < 4.78 is 28.2. The summed E-state index contributed by atoms with van der Waals surface area (Å²) in [5, 5.41) is 2.68. The molecule has 0 bridgehead atoms. The molecule has 21 heavy (non-hydrogen) atoms. The van der Waals surface area contributed by atoms with E-state index in [2.05, 4.69) is 30.8 Å². The number of nitrogens with one attached hydrogen (secondary N) is 1. The van der Waals surface area contributed by atoms with Gasteiger partial charge < -0.3 is 15.8 Å². The van der Waals surface area contributed by atoms with Crippen molar-refractivity contribution in [3.05, 3.63) is 24.3 Å². The Morgan fingerprint density at radius 1 is 1.29 bits per heavy atom. The molecule has 3 N–H and O–H groups in total. The number of amides is 1. The van der Waals surface area contributed by atoms with Gasteiger partial charge in [-0.3, -0.25) is 4.79 Å². The van der Waals surface area contributed by atoms with E-state index < -0.39 is 6.61 Å². The van der Waals surface area contributed by atoms with Gasteiger partial charge in [0, 0.05) is 18.2 Å². The van der Waals surface area contributed by atoms with E-state index in [0.29, 0.717) is 5.69 Å². The topological polar surface area (TPSA) is 64.4 Å². The van der Waals surface area contributed by atoms with E-state index in [1.54, 1.807) is 0 Å². The van der Waals surface area contributed by atoms with E-state index in [0.717, 1.165) is 6.42 Å². The molecule has 0 fully saturated rings. The summed E-state index contributed by atoms with van der Waals surface area (Å²) in [6.45, 7) is 3.33. The highest BCUT2D eigenvalue weighted by Gasteiger charge is 2.18. The Morgan fingerprint density at radius 2 is 1.86 bits per heavy atom. The molecule has 1 atom stereocenters. The number of nitrogens with two attached hydrogens (primary N) is 1. The molecule has 118 valence electrons. The second-order valence-electron chi connectivity index (χ2n) is 6.18. The second kappa shape index (κ2) is 7.36. The van der Waals surface area contributed by atoms with Crippen molar-refractivity contribution in [2.75, 3.05) is 5.32 Å². The van der Waals surface area contributed by atoms with Crippen LogP contribution >= 0.6 is 0 Å². The fourth-order valence-corrected chi connectivity index (χ4v) is 2.03. The highest BCUT2D eigenvalue weighted by atomic mass is 19.3. The van der Waals surface area contributed by atoms with Gasteiger partial charge in [-0.25, -0.2) is 0 Å². The van der Waals surface area contributed by atoms with Gasteiger partial charge in [0.15, 0.2) is 0 Å². The van der Waals surface area contributed by atoms with E-state index in [1.807, 2.05) is 0 Å². The molecular weight excluding hydrogens is 278 g/mol. The van der Waals surface area contributed by atoms with Crippen molar-refractivity contribution in [2.24, 2.45) is 11.1 Å². The lowest BCUT2D eigenvalue weighted by atomic mass is 9.87. The van der Waals surface area contributed by atoms with Crippen LogP contribution in [0, 0.1) is 5.41 Å². The zero-order valence-corrected chi connectivity index (χ0v) is 12.5. The Hall–Kier alpha value is -1.69. The summed E-state index contributed by atoms with van der Waals surface area (Å²) in [6.07, 6.45) is 0.953. The van der Waals surface area contributed by atoms with E-state index in [4.69, 9.17) is 5.73 Å². The predicted octanol–water partition coefficient (Wildman–Crippen LogP) is 3.38. The minimum Gasteiger partial charge on any atom is -0.435 e. The molecular formula is C15H22F2N2O2. The molecule has 0 aliphatic carbocycles. The fourth-order valence-electron chi connectivity index (χ4n) is 2.03. The predicted molar refractivity (Wildman–Crippen MR) is 78.4 cm³/mol. The van der Waals surface area contributed by atoms with Crippen molar-refractivity contribution >= 4 is 11.6 Å². The quantitative estimate of drug-likeness (QED) is 0.846. The summed E-state index contributed by atoms with van der Waals surface area (Å²) in [6, 6.07) is 5.54. The van der Waals surface area contributed by atoms with Crippen molar-refractivity contribution in [3.63, 3.8) is 0 Å². The van der Waals surface area contributed by atoms with E-state index in [9.17, 15) is 13.6 Å². The SMILES string of the molecule is CC(C)(C)CC(N)CC(=O)Nc1ccc(OC(F)F)cc1.